The Kier molecular flexibility index (Phi) is 2.78. The highest BCUT2D eigenvalue weighted by Crippen LogP contribution is 2.31. The quantitative estimate of drug-likeness (QED) is 0.459. The summed E-state index contributed by atoms with van der Waals surface area (Å²) >= 11 is 0. The maximum absolute atomic E-state index is 9.93. The molecular formula is C9H12N6O4. The number of nitrogens with two attached hydrogens (primary N) is 1. The average molecular weight is 268 g/mol. The van der Waals surface area contributed by atoms with Crippen LogP contribution in [0.15, 0.2) is 6.33 Å². The summed E-state index contributed by atoms with van der Waals surface area (Å²) in [6.07, 6.45) is -2.85. The van der Waals surface area contributed by atoms with Gasteiger partial charge in [-0.1, -0.05) is 0 Å². The molecule has 1 saturated heterocycles. The Bertz CT molecular complexity index is 603. The SMILES string of the molecule is Nc1nnnc2c1ncn2[C@H]1O[C@@H](CO)[C@@H](O)[C@H]1O. The Morgan fingerprint density at radius 1 is 1.32 bits per heavy atom. The first-order valence-electron chi connectivity index (χ1n) is 5.57. The van der Waals surface area contributed by atoms with Crippen molar-refractivity contribution in [3.63, 3.8) is 0 Å². The number of imidazole rings is 1. The number of anilines is 1. The molecule has 10 nitrogen and oxygen atoms in total. The maximum Gasteiger partial charge on any atom is 0.190 e. The molecule has 4 atom stereocenters. The molecule has 0 amide bonds. The summed E-state index contributed by atoms with van der Waals surface area (Å²) in [6.45, 7) is -0.406. The van der Waals surface area contributed by atoms with Crippen LogP contribution in [-0.2, 0) is 4.74 Å². The van der Waals surface area contributed by atoms with Crippen LogP contribution in [-0.4, -0.2) is 65.2 Å². The predicted octanol–water partition coefficient (Wildman–Crippen LogP) is -2.58. The van der Waals surface area contributed by atoms with Crippen LogP contribution in [0.3, 0.4) is 0 Å². The smallest absolute Gasteiger partial charge is 0.190 e. The van der Waals surface area contributed by atoms with Crippen LogP contribution < -0.4 is 5.73 Å². The van der Waals surface area contributed by atoms with Gasteiger partial charge in [-0.3, -0.25) is 4.57 Å². The van der Waals surface area contributed by atoms with E-state index in [1.165, 1.54) is 10.9 Å². The van der Waals surface area contributed by atoms with Crippen LogP contribution in [0.25, 0.3) is 11.2 Å². The van der Waals surface area contributed by atoms with E-state index < -0.39 is 31.1 Å². The van der Waals surface area contributed by atoms with Gasteiger partial charge in [-0.25, -0.2) is 4.98 Å². The first-order valence-corrected chi connectivity index (χ1v) is 5.57. The molecule has 0 bridgehead atoms. The van der Waals surface area contributed by atoms with Crippen molar-refractivity contribution >= 4 is 17.0 Å². The van der Waals surface area contributed by atoms with Crippen LogP contribution in [0.5, 0.6) is 0 Å². The normalized spacial score (nSPS) is 31.1. The van der Waals surface area contributed by atoms with E-state index >= 15 is 0 Å². The van der Waals surface area contributed by atoms with Crippen molar-refractivity contribution in [2.45, 2.75) is 24.5 Å². The zero-order valence-corrected chi connectivity index (χ0v) is 9.66. The highest BCUT2D eigenvalue weighted by molar-refractivity contribution is 5.80. The minimum atomic E-state index is -1.22. The van der Waals surface area contributed by atoms with Gasteiger partial charge in [0.2, 0.25) is 0 Å². The molecule has 3 rings (SSSR count). The third kappa shape index (κ3) is 1.73. The molecule has 0 spiro atoms. The number of aliphatic hydroxyl groups excluding tert-OH is 3. The minimum absolute atomic E-state index is 0.107. The topological polar surface area (TPSA) is 152 Å². The molecule has 1 fully saturated rings. The van der Waals surface area contributed by atoms with Gasteiger partial charge in [-0.05, 0) is 5.21 Å². The van der Waals surface area contributed by atoms with Crippen LogP contribution in [0.2, 0.25) is 0 Å². The largest absolute Gasteiger partial charge is 0.394 e. The summed E-state index contributed by atoms with van der Waals surface area (Å²) in [5, 5.41) is 39.5. The van der Waals surface area contributed by atoms with Gasteiger partial charge in [0, 0.05) is 0 Å². The van der Waals surface area contributed by atoms with E-state index in [-0.39, 0.29) is 11.5 Å². The summed E-state index contributed by atoms with van der Waals surface area (Å²) in [4.78, 5) is 4.01. The molecular weight excluding hydrogens is 256 g/mol. The number of rotatable bonds is 2. The van der Waals surface area contributed by atoms with Crippen molar-refractivity contribution in [3.8, 4) is 0 Å². The van der Waals surface area contributed by atoms with Gasteiger partial charge in [0.1, 0.15) is 18.3 Å². The van der Waals surface area contributed by atoms with Gasteiger partial charge in [0.25, 0.3) is 0 Å². The van der Waals surface area contributed by atoms with Crippen molar-refractivity contribution in [1.82, 2.24) is 25.0 Å². The Balaban J connectivity index is 2.04. The highest BCUT2D eigenvalue weighted by Gasteiger charge is 2.44. The van der Waals surface area contributed by atoms with E-state index in [0.29, 0.717) is 5.52 Å². The van der Waals surface area contributed by atoms with E-state index in [1.807, 2.05) is 0 Å². The van der Waals surface area contributed by atoms with Gasteiger partial charge < -0.3 is 25.8 Å². The van der Waals surface area contributed by atoms with Gasteiger partial charge >= 0.3 is 0 Å². The molecule has 1 aliphatic rings. The first kappa shape index (κ1) is 12.2. The second-order valence-corrected chi connectivity index (χ2v) is 4.23. The number of fused-ring (bicyclic) bond motifs is 1. The Morgan fingerprint density at radius 3 is 2.79 bits per heavy atom. The van der Waals surface area contributed by atoms with Gasteiger partial charge in [0.05, 0.1) is 12.9 Å². The minimum Gasteiger partial charge on any atom is -0.394 e. The number of nitrogens with zero attached hydrogens (tertiary/aromatic N) is 5. The number of hydrogen-bond donors (Lipinski definition) is 4. The van der Waals surface area contributed by atoms with Gasteiger partial charge in [0.15, 0.2) is 23.2 Å². The molecule has 10 heteroatoms. The van der Waals surface area contributed by atoms with Crippen LogP contribution in [0.1, 0.15) is 6.23 Å². The van der Waals surface area contributed by atoms with Crippen LogP contribution >= 0.6 is 0 Å². The lowest BCUT2D eigenvalue weighted by atomic mass is 10.1. The third-order valence-corrected chi connectivity index (χ3v) is 3.09. The molecule has 0 aliphatic carbocycles. The summed E-state index contributed by atoms with van der Waals surface area (Å²) in [6, 6.07) is 0. The van der Waals surface area contributed by atoms with E-state index in [1.54, 1.807) is 0 Å². The van der Waals surface area contributed by atoms with Crippen molar-refractivity contribution in [2.24, 2.45) is 0 Å². The first-order chi connectivity index (χ1) is 9.13. The van der Waals surface area contributed by atoms with E-state index in [2.05, 4.69) is 20.4 Å². The van der Waals surface area contributed by atoms with E-state index in [9.17, 15) is 10.2 Å². The summed E-state index contributed by atoms with van der Waals surface area (Å²) < 4.78 is 6.76. The number of aromatic nitrogens is 5. The Hall–Kier alpha value is -1.88. The second-order valence-electron chi connectivity index (χ2n) is 4.23. The lowest BCUT2D eigenvalue weighted by Gasteiger charge is -2.15. The molecule has 2 aromatic heterocycles. The molecule has 0 saturated carbocycles. The maximum atomic E-state index is 9.93. The Morgan fingerprint density at radius 2 is 2.11 bits per heavy atom. The van der Waals surface area contributed by atoms with Crippen LogP contribution in [0, 0.1) is 0 Å². The number of aliphatic hydroxyl groups is 3. The number of hydrogen-bond acceptors (Lipinski definition) is 9. The molecule has 0 radical (unpaired) electrons. The monoisotopic (exact) mass is 268 g/mol. The summed E-state index contributed by atoms with van der Waals surface area (Å²) in [5.74, 6) is 0.107. The fourth-order valence-electron chi connectivity index (χ4n) is 2.09. The van der Waals surface area contributed by atoms with E-state index in [4.69, 9.17) is 15.6 Å². The number of nitrogen functional groups attached to an aromatic ring is 1. The zero-order valence-electron chi connectivity index (χ0n) is 9.66. The second kappa shape index (κ2) is 4.35. The lowest BCUT2D eigenvalue weighted by molar-refractivity contribution is -0.0511. The van der Waals surface area contributed by atoms with Crippen LogP contribution in [0.4, 0.5) is 5.82 Å². The number of ether oxygens (including phenoxy) is 1. The molecule has 1 aliphatic heterocycles. The summed E-state index contributed by atoms with van der Waals surface area (Å²) in [5.41, 5.74) is 6.21. The molecule has 3 heterocycles. The third-order valence-electron chi connectivity index (χ3n) is 3.09. The average Bonchev–Trinajstić information content (AvgIpc) is 2.94. The van der Waals surface area contributed by atoms with Crippen molar-refractivity contribution < 1.29 is 20.1 Å². The molecule has 5 N–H and O–H groups in total. The van der Waals surface area contributed by atoms with Crippen molar-refractivity contribution in [3.05, 3.63) is 6.33 Å². The summed E-state index contributed by atoms with van der Waals surface area (Å²) in [7, 11) is 0. The van der Waals surface area contributed by atoms with Gasteiger partial charge in [-0.15, -0.1) is 10.2 Å². The van der Waals surface area contributed by atoms with E-state index in [0.717, 1.165) is 0 Å². The highest BCUT2D eigenvalue weighted by atomic mass is 16.6. The van der Waals surface area contributed by atoms with Gasteiger partial charge in [-0.2, -0.15) is 0 Å². The molecule has 0 unspecified atom stereocenters. The Labute approximate surface area is 106 Å². The molecule has 0 aromatic carbocycles. The van der Waals surface area contributed by atoms with Crippen molar-refractivity contribution in [2.75, 3.05) is 12.3 Å². The molecule has 2 aromatic rings. The fourth-order valence-corrected chi connectivity index (χ4v) is 2.09. The zero-order chi connectivity index (χ0) is 13.6. The standard InChI is InChI=1S/C9H12N6O4/c10-7-4-8(13-14-12-7)15(2-11-4)9-6(18)5(17)3(1-16)19-9/h2-3,5-6,9,16-18H,1H2,(H2,10,12,13)/t3-,5+,6+,9-/m0/s1. The molecule has 102 valence electrons. The fraction of sp³-hybridized carbons (Fsp3) is 0.556. The predicted molar refractivity (Wildman–Crippen MR) is 60.5 cm³/mol. The lowest BCUT2D eigenvalue weighted by Crippen LogP contribution is -2.33. The molecule has 19 heavy (non-hydrogen) atoms. The van der Waals surface area contributed by atoms with Crippen molar-refractivity contribution in [1.29, 1.82) is 0 Å².